The molecule has 0 amide bonds. The van der Waals surface area contributed by atoms with E-state index in [4.69, 9.17) is 9.15 Å². The molecule has 2 aliphatic rings. The molecule has 0 radical (unpaired) electrons. The molecule has 5 rings (SSSR count). The second kappa shape index (κ2) is 8.50. The number of aromatic nitrogens is 4. The van der Waals surface area contributed by atoms with Crippen LogP contribution in [0.2, 0.25) is 0 Å². The number of benzene rings is 1. The summed E-state index contributed by atoms with van der Waals surface area (Å²) in [5.41, 5.74) is 2.79. The fraction of sp³-hybridized carbons (Fsp3) is 0.455. The molecule has 1 fully saturated rings. The Hall–Kier alpha value is -3.20. The minimum absolute atomic E-state index is 0.212. The van der Waals surface area contributed by atoms with Gasteiger partial charge in [0.05, 0.1) is 18.5 Å². The third-order valence-corrected chi connectivity index (χ3v) is 5.93. The molecule has 0 saturated carbocycles. The highest BCUT2D eigenvalue weighted by Gasteiger charge is 2.23. The number of nitrogens with zero attached hydrogens (tertiary/aromatic N) is 5. The van der Waals surface area contributed by atoms with Gasteiger partial charge in [-0.2, -0.15) is 0 Å². The average molecular weight is 422 g/mol. The first-order valence-electron chi connectivity index (χ1n) is 10.7. The molecule has 1 aromatic carbocycles. The number of piperidine rings is 1. The van der Waals surface area contributed by atoms with Gasteiger partial charge in [-0.25, -0.2) is 9.97 Å². The highest BCUT2D eigenvalue weighted by atomic mass is 16.5. The number of rotatable bonds is 6. The second-order valence-electron chi connectivity index (χ2n) is 8.07. The van der Waals surface area contributed by atoms with Crippen molar-refractivity contribution in [3.63, 3.8) is 0 Å². The number of hydrogen-bond donors (Lipinski definition) is 2. The molecule has 9 nitrogen and oxygen atoms in total. The number of likely N-dealkylation sites (tertiary alicyclic amines) is 1. The molecule has 4 heterocycles. The van der Waals surface area contributed by atoms with Crippen molar-refractivity contribution in [1.82, 2.24) is 25.1 Å². The fourth-order valence-corrected chi connectivity index (χ4v) is 4.35. The van der Waals surface area contributed by atoms with Crippen molar-refractivity contribution in [2.75, 3.05) is 31.6 Å². The third-order valence-electron chi connectivity index (χ3n) is 5.93. The Morgan fingerprint density at radius 2 is 2.23 bits per heavy atom. The van der Waals surface area contributed by atoms with Gasteiger partial charge in [0, 0.05) is 43.1 Å². The van der Waals surface area contributed by atoms with Crippen molar-refractivity contribution in [2.45, 2.75) is 38.6 Å². The van der Waals surface area contributed by atoms with E-state index >= 15 is 0 Å². The van der Waals surface area contributed by atoms with Gasteiger partial charge in [-0.15, -0.1) is 10.2 Å². The van der Waals surface area contributed by atoms with Crippen LogP contribution in [0.4, 0.5) is 5.95 Å². The highest BCUT2D eigenvalue weighted by molar-refractivity contribution is 5.72. The molecule has 2 aromatic heterocycles. The maximum Gasteiger partial charge on any atom is 0.243 e. The zero-order valence-corrected chi connectivity index (χ0v) is 17.5. The van der Waals surface area contributed by atoms with Crippen LogP contribution in [0.15, 0.2) is 29.0 Å². The lowest BCUT2D eigenvalue weighted by molar-refractivity contribution is 0.213. The van der Waals surface area contributed by atoms with Crippen LogP contribution >= 0.6 is 0 Å². The quantitative estimate of drug-likeness (QED) is 0.619. The molecule has 1 saturated heterocycles. The normalized spacial score (nSPS) is 18.5. The van der Waals surface area contributed by atoms with E-state index in [1.165, 1.54) is 0 Å². The number of oxazole rings is 1. The molecule has 162 valence electrons. The van der Waals surface area contributed by atoms with Gasteiger partial charge in [-0.1, -0.05) is 0 Å². The zero-order valence-electron chi connectivity index (χ0n) is 17.5. The van der Waals surface area contributed by atoms with E-state index in [0.29, 0.717) is 30.2 Å². The standard InChI is InChI=1S/C22H26N6O3/c1-14-20(17-4-5-18-16(21(17)29)7-11-30-18)26-27-22(24-14)25-15-3-2-9-28(13-15)10-6-19-23-8-12-31-19/h4-5,8,12,15,29H,2-3,6-7,9-11,13H2,1H3,(H,24,25,27). The van der Waals surface area contributed by atoms with Crippen LogP contribution in [0.3, 0.4) is 0 Å². The Labute approximate surface area is 180 Å². The summed E-state index contributed by atoms with van der Waals surface area (Å²) in [4.78, 5) is 11.2. The Morgan fingerprint density at radius 3 is 3.06 bits per heavy atom. The van der Waals surface area contributed by atoms with Gasteiger partial charge in [0.15, 0.2) is 5.89 Å². The zero-order chi connectivity index (χ0) is 21.2. The number of fused-ring (bicyclic) bond motifs is 1. The lowest BCUT2D eigenvalue weighted by atomic mass is 10.0. The van der Waals surface area contributed by atoms with Crippen molar-refractivity contribution in [3.8, 4) is 22.8 Å². The second-order valence-corrected chi connectivity index (χ2v) is 8.07. The van der Waals surface area contributed by atoms with Gasteiger partial charge in [0.25, 0.3) is 0 Å². The lowest BCUT2D eigenvalue weighted by Crippen LogP contribution is -2.43. The van der Waals surface area contributed by atoms with Gasteiger partial charge in [0.1, 0.15) is 23.5 Å². The maximum absolute atomic E-state index is 10.7. The number of hydrogen-bond acceptors (Lipinski definition) is 9. The van der Waals surface area contributed by atoms with E-state index in [1.54, 1.807) is 12.5 Å². The summed E-state index contributed by atoms with van der Waals surface area (Å²) in [5, 5.41) is 22.8. The summed E-state index contributed by atoms with van der Waals surface area (Å²) >= 11 is 0. The number of aryl methyl sites for hydroxylation is 1. The molecular formula is C22H26N6O3. The monoisotopic (exact) mass is 422 g/mol. The van der Waals surface area contributed by atoms with E-state index in [2.05, 4.69) is 30.4 Å². The van der Waals surface area contributed by atoms with Crippen molar-refractivity contribution >= 4 is 5.95 Å². The molecule has 1 atom stereocenters. The molecule has 0 bridgehead atoms. The summed E-state index contributed by atoms with van der Waals surface area (Å²) < 4.78 is 10.9. The van der Waals surface area contributed by atoms with Crippen molar-refractivity contribution in [3.05, 3.63) is 41.7 Å². The summed E-state index contributed by atoms with van der Waals surface area (Å²) in [7, 11) is 0. The molecule has 2 N–H and O–H groups in total. The molecule has 1 unspecified atom stereocenters. The van der Waals surface area contributed by atoms with E-state index in [0.717, 1.165) is 61.8 Å². The van der Waals surface area contributed by atoms with Gasteiger partial charge in [-0.05, 0) is 38.4 Å². The van der Waals surface area contributed by atoms with Gasteiger partial charge < -0.3 is 24.5 Å². The first-order chi connectivity index (χ1) is 15.2. The number of phenols is 1. The molecular weight excluding hydrogens is 396 g/mol. The number of aromatic hydroxyl groups is 1. The number of ether oxygens (including phenoxy) is 1. The highest BCUT2D eigenvalue weighted by Crippen LogP contribution is 2.40. The van der Waals surface area contributed by atoms with Gasteiger partial charge >= 0.3 is 0 Å². The lowest BCUT2D eigenvalue weighted by Gasteiger charge is -2.32. The van der Waals surface area contributed by atoms with Crippen LogP contribution in [-0.2, 0) is 12.8 Å². The average Bonchev–Trinajstić information content (AvgIpc) is 3.46. The predicted octanol–water partition coefficient (Wildman–Crippen LogP) is 2.59. The van der Waals surface area contributed by atoms with E-state index in [-0.39, 0.29) is 11.8 Å². The summed E-state index contributed by atoms with van der Waals surface area (Å²) in [5.74, 6) is 2.24. The van der Waals surface area contributed by atoms with Crippen LogP contribution in [0.25, 0.3) is 11.3 Å². The fourth-order valence-electron chi connectivity index (χ4n) is 4.35. The van der Waals surface area contributed by atoms with Gasteiger partial charge in [-0.3, -0.25) is 0 Å². The van der Waals surface area contributed by atoms with Crippen molar-refractivity contribution in [2.24, 2.45) is 0 Å². The van der Waals surface area contributed by atoms with Crippen LogP contribution in [0.5, 0.6) is 11.5 Å². The smallest absolute Gasteiger partial charge is 0.243 e. The van der Waals surface area contributed by atoms with Gasteiger partial charge in [0.2, 0.25) is 5.95 Å². The number of phenolic OH excluding ortho intramolecular Hbond substituents is 1. The Kier molecular flexibility index (Phi) is 5.42. The molecule has 3 aromatic rings. The van der Waals surface area contributed by atoms with Crippen LogP contribution in [0.1, 0.15) is 30.0 Å². The SMILES string of the molecule is Cc1nc(NC2CCCN(CCc3ncco3)C2)nnc1-c1ccc2c(c1O)CCO2. The third kappa shape index (κ3) is 4.18. The topological polar surface area (TPSA) is 109 Å². The Morgan fingerprint density at radius 1 is 1.29 bits per heavy atom. The van der Waals surface area contributed by atoms with Crippen molar-refractivity contribution < 1.29 is 14.3 Å². The van der Waals surface area contributed by atoms with E-state index < -0.39 is 0 Å². The molecule has 0 aliphatic carbocycles. The van der Waals surface area contributed by atoms with Crippen LogP contribution in [0, 0.1) is 6.92 Å². The molecule has 0 spiro atoms. The van der Waals surface area contributed by atoms with E-state index in [1.807, 2.05) is 19.1 Å². The van der Waals surface area contributed by atoms with Crippen molar-refractivity contribution in [1.29, 1.82) is 0 Å². The van der Waals surface area contributed by atoms with Crippen LogP contribution < -0.4 is 10.1 Å². The summed E-state index contributed by atoms with van der Waals surface area (Å²) in [6.45, 7) is 5.38. The molecule has 31 heavy (non-hydrogen) atoms. The Balaban J connectivity index is 1.25. The number of nitrogens with one attached hydrogen (secondary N) is 1. The molecule has 9 heteroatoms. The first kappa shape index (κ1) is 19.7. The molecule has 2 aliphatic heterocycles. The predicted molar refractivity (Wildman–Crippen MR) is 114 cm³/mol. The minimum Gasteiger partial charge on any atom is -0.507 e. The first-order valence-corrected chi connectivity index (χ1v) is 10.7. The minimum atomic E-state index is 0.212. The van der Waals surface area contributed by atoms with Crippen LogP contribution in [-0.4, -0.2) is 62.5 Å². The maximum atomic E-state index is 10.7. The number of anilines is 1. The summed E-state index contributed by atoms with van der Waals surface area (Å²) in [6.07, 6.45) is 6.97. The largest absolute Gasteiger partial charge is 0.507 e. The summed E-state index contributed by atoms with van der Waals surface area (Å²) in [6, 6.07) is 3.95. The Bertz CT molecular complexity index is 1060. The van der Waals surface area contributed by atoms with E-state index in [9.17, 15) is 5.11 Å².